The predicted octanol–water partition coefficient (Wildman–Crippen LogP) is 3.12. The number of morpholine rings is 1. The summed E-state index contributed by atoms with van der Waals surface area (Å²) in [6.45, 7) is 3.37. The number of hydrogen-bond acceptors (Lipinski definition) is 4. The van der Waals surface area contributed by atoms with E-state index in [-0.39, 0.29) is 17.7 Å². The summed E-state index contributed by atoms with van der Waals surface area (Å²) in [6.07, 6.45) is -0.179. The third-order valence-corrected chi connectivity index (χ3v) is 4.11. The van der Waals surface area contributed by atoms with E-state index in [0.29, 0.717) is 25.3 Å². The van der Waals surface area contributed by atoms with E-state index in [9.17, 15) is 14.9 Å². The van der Waals surface area contributed by atoms with Crippen LogP contribution in [0.1, 0.15) is 27.6 Å². The van der Waals surface area contributed by atoms with Gasteiger partial charge in [0.05, 0.1) is 18.1 Å². The number of aryl methyl sites for hydroxylation is 1. The van der Waals surface area contributed by atoms with Crippen LogP contribution in [0.25, 0.3) is 0 Å². The van der Waals surface area contributed by atoms with Gasteiger partial charge in [0, 0.05) is 24.2 Å². The molecule has 6 heteroatoms. The number of carbonyl (C=O) groups is 1. The third kappa shape index (κ3) is 3.44. The summed E-state index contributed by atoms with van der Waals surface area (Å²) in [7, 11) is 0. The maximum Gasteiger partial charge on any atom is 0.270 e. The lowest BCUT2D eigenvalue weighted by Gasteiger charge is -2.33. The lowest BCUT2D eigenvalue weighted by atomic mass is 10.1. The van der Waals surface area contributed by atoms with Crippen LogP contribution >= 0.6 is 0 Å². The molecule has 0 N–H and O–H groups in total. The Morgan fingerprint density at radius 2 is 2.00 bits per heavy atom. The molecule has 1 atom stereocenters. The highest BCUT2D eigenvalue weighted by atomic mass is 16.6. The molecule has 6 nitrogen and oxygen atoms in total. The SMILES string of the molecule is Cc1ccc(C2CN(C(=O)c3cccc([N+](=O)[O-])c3)CCO2)cc1. The fraction of sp³-hybridized carbons (Fsp3) is 0.278. The van der Waals surface area contributed by atoms with Crippen LogP contribution in [0.2, 0.25) is 0 Å². The quantitative estimate of drug-likeness (QED) is 0.642. The van der Waals surface area contributed by atoms with Crippen LogP contribution in [-0.2, 0) is 4.74 Å². The Morgan fingerprint density at radius 1 is 1.25 bits per heavy atom. The maximum absolute atomic E-state index is 12.7. The molecule has 0 radical (unpaired) electrons. The Labute approximate surface area is 139 Å². The first-order chi connectivity index (χ1) is 11.5. The minimum absolute atomic E-state index is 0.0794. The van der Waals surface area contributed by atoms with Crippen LogP contribution in [0.4, 0.5) is 5.69 Å². The molecule has 0 bridgehead atoms. The first-order valence-electron chi connectivity index (χ1n) is 7.76. The van der Waals surface area contributed by atoms with Gasteiger partial charge < -0.3 is 9.64 Å². The molecule has 1 fully saturated rings. The van der Waals surface area contributed by atoms with Crippen LogP contribution < -0.4 is 0 Å². The molecule has 2 aromatic rings. The van der Waals surface area contributed by atoms with Gasteiger partial charge in [-0.2, -0.15) is 0 Å². The largest absolute Gasteiger partial charge is 0.370 e. The van der Waals surface area contributed by atoms with Crippen molar-refractivity contribution in [3.8, 4) is 0 Å². The first kappa shape index (κ1) is 16.1. The molecule has 3 rings (SSSR count). The van der Waals surface area contributed by atoms with Crippen molar-refractivity contribution in [1.29, 1.82) is 0 Å². The van der Waals surface area contributed by atoms with Gasteiger partial charge in [0.1, 0.15) is 6.10 Å². The normalized spacial score (nSPS) is 17.5. The molecule has 0 spiro atoms. The molecule has 1 saturated heterocycles. The van der Waals surface area contributed by atoms with E-state index in [1.54, 1.807) is 11.0 Å². The Balaban J connectivity index is 1.76. The second-order valence-corrected chi connectivity index (χ2v) is 5.83. The minimum Gasteiger partial charge on any atom is -0.370 e. The summed E-state index contributed by atoms with van der Waals surface area (Å²) >= 11 is 0. The highest BCUT2D eigenvalue weighted by molar-refractivity contribution is 5.94. The van der Waals surface area contributed by atoms with Crippen molar-refractivity contribution < 1.29 is 14.5 Å². The van der Waals surface area contributed by atoms with Crippen molar-refractivity contribution in [1.82, 2.24) is 4.90 Å². The number of nitro groups is 1. The third-order valence-electron chi connectivity index (χ3n) is 4.11. The molecule has 2 aromatic carbocycles. The van der Waals surface area contributed by atoms with Crippen molar-refractivity contribution in [3.05, 3.63) is 75.3 Å². The second-order valence-electron chi connectivity index (χ2n) is 5.83. The fourth-order valence-corrected chi connectivity index (χ4v) is 2.75. The number of ether oxygens (including phenoxy) is 1. The van der Waals surface area contributed by atoms with E-state index in [1.165, 1.54) is 23.8 Å². The maximum atomic E-state index is 12.7. The molecule has 1 amide bonds. The van der Waals surface area contributed by atoms with Crippen LogP contribution in [0.5, 0.6) is 0 Å². The lowest BCUT2D eigenvalue weighted by Crippen LogP contribution is -2.42. The number of amides is 1. The summed E-state index contributed by atoms with van der Waals surface area (Å²) in [5.41, 5.74) is 2.44. The predicted molar refractivity (Wildman–Crippen MR) is 88.9 cm³/mol. The van der Waals surface area contributed by atoms with Gasteiger partial charge >= 0.3 is 0 Å². The van der Waals surface area contributed by atoms with Crippen molar-refractivity contribution in [2.45, 2.75) is 13.0 Å². The Hall–Kier alpha value is -2.73. The molecule has 0 aromatic heterocycles. The highest BCUT2D eigenvalue weighted by Gasteiger charge is 2.26. The zero-order chi connectivity index (χ0) is 17.1. The van der Waals surface area contributed by atoms with E-state index in [1.807, 2.05) is 31.2 Å². The Morgan fingerprint density at radius 3 is 2.71 bits per heavy atom. The lowest BCUT2D eigenvalue weighted by molar-refractivity contribution is -0.384. The van der Waals surface area contributed by atoms with E-state index < -0.39 is 4.92 Å². The molecular weight excluding hydrogens is 308 g/mol. The number of benzene rings is 2. The van der Waals surface area contributed by atoms with Crippen molar-refractivity contribution in [3.63, 3.8) is 0 Å². The zero-order valence-corrected chi connectivity index (χ0v) is 13.3. The Bertz CT molecular complexity index is 758. The average Bonchev–Trinajstić information content (AvgIpc) is 2.62. The summed E-state index contributed by atoms with van der Waals surface area (Å²) in [6, 6.07) is 13.9. The summed E-state index contributed by atoms with van der Waals surface area (Å²) < 4.78 is 5.78. The zero-order valence-electron chi connectivity index (χ0n) is 13.3. The molecule has 1 unspecified atom stereocenters. The summed E-state index contributed by atoms with van der Waals surface area (Å²) in [4.78, 5) is 24.7. The monoisotopic (exact) mass is 326 g/mol. The van der Waals surface area contributed by atoms with Crippen LogP contribution in [0.15, 0.2) is 48.5 Å². The highest BCUT2D eigenvalue weighted by Crippen LogP contribution is 2.24. The number of non-ortho nitro benzene ring substituents is 1. The Kier molecular flexibility index (Phi) is 4.57. The molecule has 0 saturated carbocycles. The second kappa shape index (κ2) is 6.80. The number of nitrogens with zero attached hydrogens (tertiary/aromatic N) is 2. The molecule has 24 heavy (non-hydrogen) atoms. The van der Waals surface area contributed by atoms with Gasteiger partial charge in [0.25, 0.3) is 11.6 Å². The fourth-order valence-electron chi connectivity index (χ4n) is 2.75. The summed E-state index contributed by atoms with van der Waals surface area (Å²) in [5, 5.41) is 10.9. The number of rotatable bonds is 3. The van der Waals surface area contributed by atoms with Gasteiger partial charge in [-0.1, -0.05) is 35.9 Å². The van der Waals surface area contributed by atoms with Crippen molar-refractivity contribution in [2.75, 3.05) is 19.7 Å². The van der Waals surface area contributed by atoms with Gasteiger partial charge in [-0.25, -0.2) is 0 Å². The minimum atomic E-state index is -0.495. The van der Waals surface area contributed by atoms with Gasteiger partial charge in [-0.05, 0) is 18.6 Å². The number of carbonyl (C=O) groups excluding carboxylic acids is 1. The number of hydrogen-bond donors (Lipinski definition) is 0. The topological polar surface area (TPSA) is 72.7 Å². The number of nitro benzene ring substituents is 1. The van der Waals surface area contributed by atoms with Gasteiger partial charge in [-0.15, -0.1) is 0 Å². The van der Waals surface area contributed by atoms with Crippen LogP contribution in [0, 0.1) is 17.0 Å². The van der Waals surface area contributed by atoms with Crippen LogP contribution in [0.3, 0.4) is 0 Å². The van der Waals surface area contributed by atoms with Crippen molar-refractivity contribution >= 4 is 11.6 Å². The van der Waals surface area contributed by atoms with E-state index in [4.69, 9.17) is 4.74 Å². The van der Waals surface area contributed by atoms with Gasteiger partial charge in [0.15, 0.2) is 0 Å². The van der Waals surface area contributed by atoms with E-state index in [2.05, 4.69) is 0 Å². The van der Waals surface area contributed by atoms with Crippen LogP contribution in [-0.4, -0.2) is 35.4 Å². The van der Waals surface area contributed by atoms with Gasteiger partial charge in [0.2, 0.25) is 0 Å². The molecule has 1 aliphatic rings. The molecule has 1 heterocycles. The van der Waals surface area contributed by atoms with E-state index >= 15 is 0 Å². The molecule has 124 valence electrons. The standard InChI is InChI=1S/C18H18N2O4/c1-13-5-7-14(8-6-13)17-12-19(9-10-24-17)18(21)15-3-2-4-16(11-15)20(22)23/h2-8,11,17H,9-10,12H2,1H3. The van der Waals surface area contributed by atoms with E-state index in [0.717, 1.165) is 5.56 Å². The molecular formula is C18H18N2O4. The average molecular weight is 326 g/mol. The smallest absolute Gasteiger partial charge is 0.270 e. The van der Waals surface area contributed by atoms with Gasteiger partial charge in [-0.3, -0.25) is 14.9 Å². The molecule has 1 aliphatic heterocycles. The first-order valence-corrected chi connectivity index (χ1v) is 7.76. The molecule has 0 aliphatic carbocycles. The summed E-state index contributed by atoms with van der Waals surface area (Å²) in [5.74, 6) is -0.209. The van der Waals surface area contributed by atoms with Crippen molar-refractivity contribution in [2.24, 2.45) is 0 Å².